The summed E-state index contributed by atoms with van der Waals surface area (Å²) in [6.07, 6.45) is 0. The van der Waals surface area contributed by atoms with Crippen LogP contribution in [0, 0.1) is 0 Å². The van der Waals surface area contributed by atoms with Crippen molar-refractivity contribution in [3.63, 3.8) is 0 Å². The highest BCUT2D eigenvalue weighted by Gasteiger charge is 2.33. The molecule has 0 atom stereocenters. The highest BCUT2D eigenvalue weighted by atomic mass is 16.5. The topological polar surface area (TPSA) is 17.4 Å². The van der Waals surface area contributed by atoms with Crippen molar-refractivity contribution in [2.24, 2.45) is 0 Å². The van der Waals surface area contributed by atoms with Gasteiger partial charge in [0.2, 0.25) is 0 Å². The first-order chi connectivity index (χ1) is 8.99. The van der Waals surface area contributed by atoms with Gasteiger partial charge in [-0.3, -0.25) is 0 Å². The van der Waals surface area contributed by atoms with Crippen molar-refractivity contribution in [3.8, 4) is 11.4 Å². The smallest absolute Gasteiger partial charge is 0.144 e. The van der Waals surface area contributed by atoms with E-state index in [9.17, 15) is 0 Å². The molecule has 0 radical (unpaired) electrons. The Morgan fingerprint density at radius 1 is 1.11 bits per heavy atom. The first-order valence-electron chi connectivity index (χ1n) is 6.63. The van der Waals surface area contributed by atoms with Gasteiger partial charge in [0.25, 0.3) is 0 Å². The molecule has 0 bridgehead atoms. The maximum absolute atomic E-state index is 6.13. The number of benzene rings is 1. The van der Waals surface area contributed by atoms with Crippen LogP contribution in [0.15, 0.2) is 36.4 Å². The molecule has 0 N–H and O–H groups in total. The fourth-order valence-electron chi connectivity index (χ4n) is 2.74. The van der Waals surface area contributed by atoms with Gasteiger partial charge in [0, 0.05) is 12.2 Å². The number of ether oxygens (including phenoxy) is 1. The second-order valence-electron chi connectivity index (χ2n) is 5.86. The molecule has 1 aromatic heterocycles. The highest BCUT2D eigenvalue weighted by molar-refractivity contribution is 5.53. The molecule has 0 aliphatic carbocycles. The molecule has 1 aromatic carbocycles. The molecule has 3 rings (SSSR count). The van der Waals surface area contributed by atoms with Gasteiger partial charge in [0.1, 0.15) is 11.4 Å². The van der Waals surface area contributed by atoms with Crippen molar-refractivity contribution < 1.29 is 4.74 Å². The van der Waals surface area contributed by atoms with Crippen molar-refractivity contribution in [1.29, 1.82) is 0 Å². The summed E-state index contributed by atoms with van der Waals surface area (Å²) in [5, 5.41) is 0. The lowest BCUT2D eigenvalue weighted by molar-refractivity contribution is 0.0917. The van der Waals surface area contributed by atoms with E-state index in [-0.39, 0.29) is 5.60 Å². The van der Waals surface area contributed by atoms with Crippen LogP contribution in [0.3, 0.4) is 0 Å². The van der Waals surface area contributed by atoms with E-state index < -0.39 is 0 Å². The molecule has 1 aliphatic rings. The minimum atomic E-state index is -0.293. The summed E-state index contributed by atoms with van der Waals surface area (Å²) in [5.41, 5.74) is 3.35. The zero-order valence-electron chi connectivity index (χ0n) is 12.0. The molecule has 0 saturated heterocycles. The van der Waals surface area contributed by atoms with Crippen LogP contribution in [0.2, 0.25) is 0 Å². The van der Waals surface area contributed by atoms with Gasteiger partial charge in [-0.1, -0.05) is 12.1 Å². The number of aromatic nitrogens is 1. The minimum absolute atomic E-state index is 0.293. The third kappa shape index (κ3) is 1.94. The number of rotatable bonds is 2. The predicted octanol–water partition coefficient (Wildman–Crippen LogP) is 3.17. The average molecular weight is 256 g/mol. The first kappa shape index (κ1) is 12.3. The molecule has 0 unspecified atom stereocenters. The van der Waals surface area contributed by atoms with Crippen molar-refractivity contribution in [2.75, 3.05) is 14.1 Å². The Hall–Kier alpha value is -1.74. The Labute approximate surface area is 114 Å². The fourth-order valence-corrected chi connectivity index (χ4v) is 2.74. The molecule has 2 heterocycles. The predicted molar refractivity (Wildman–Crippen MR) is 76.8 cm³/mol. The summed E-state index contributed by atoms with van der Waals surface area (Å²) in [4.78, 5) is 2.19. The Bertz CT molecular complexity index is 611. The quantitative estimate of drug-likeness (QED) is 0.821. The Morgan fingerprint density at radius 2 is 1.84 bits per heavy atom. The zero-order chi connectivity index (χ0) is 13.6. The van der Waals surface area contributed by atoms with E-state index in [1.54, 1.807) is 0 Å². The molecule has 19 heavy (non-hydrogen) atoms. The second kappa shape index (κ2) is 4.14. The van der Waals surface area contributed by atoms with Crippen molar-refractivity contribution >= 4 is 0 Å². The Morgan fingerprint density at radius 3 is 2.58 bits per heavy atom. The molecule has 3 heteroatoms. The fraction of sp³-hybridized carbons (Fsp3) is 0.375. The lowest BCUT2D eigenvalue weighted by atomic mass is 10.0. The maximum atomic E-state index is 6.13. The van der Waals surface area contributed by atoms with Crippen LogP contribution in [-0.4, -0.2) is 23.6 Å². The van der Waals surface area contributed by atoms with Crippen LogP contribution in [0.1, 0.15) is 25.2 Å². The van der Waals surface area contributed by atoms with Gasteiger partial charge in [-0.2, -0.15) is 0 Å². The van der Waals surface area contributed by atoms with Gasteiger partial charge >= 0.3 is 0 Å². The van der Waals surface area contributed by atoms with Crippen LogP contribution in [0.4, 0.5) is 0 Å². The Balaban J connectivity index is 2.21. The van der Waals surface area contributed by atoms with E-state index in [0.29, 0.717) is 0 Å². The molecular formula is C16H20N2O. The summed E-state index contributed by atoms with van der Waals surface area (Å²) >= 11 is 0. The van der Waals surface area contributed by atoms with E-state index >= 15 is 0 Å². The number of hydrogen-bond donors (Lipinski definition) is 0. The molecule has 0 saturated carbocycles. The highest BCUT2D eigenvalue weighted by Crippen LogP contribution is 2.40. The van der Waals surface area contributed by atoms with Crippen molar-refractivity contribution in [2.45, 2.75) is 26.0 Å². The number of nitrogens with zero attached hydrogens (tertiary/aromatic N) is 2. The third-order valence-electron chi connectivity index (χ3n) is 3.53. The van der Waals surface area contributed by atoms with Crippen LogP contribution < -0.4 is 4.74 Å². The van der Waals surface area contributed by atoms with Gasteiger partial charge in [-0.25, -0.2) is 0 Å². The van der Waals surface area contributed by atoms with Gasteiger partial charge in [0.05, 0.1) is 11.4 Å². The first-order valence-corrected chi connectivity index (χ1v) is 6.63. The normalized spacial score (nSPS) is 15.8. The standard InChI is InChI=1S/C16H20N2O/c1-16(2)15-10-9-12(11-17(3)4)18(15)13-7-5-6-8-14(13)19-16/h5-10H,11H2,1-4H3. The molecule has 2 aromatic rings. The molecule has 1 aliphatic heterocycles. The van der Waals surface area contributed by atoms with E-state index in [1.807, 2.05) is 12.1 Å². The van der Waals surface area contributed by atoms with Gasteiger partial charge in [-0.15, -0.1) is 0 Å². The van der Waals surface area contributed by atoms with Gasteiger partial charge in [0.15, 0.2) is 0 Å². The lowest BCUT2D eigenvalue weighted by Gasteiger charge is -2.35. The SMILES string of the molecule is CN(C)Cc1ccc2n1-c1ccccc1OC2(C)C. The van der Waals surface area contributed by atoms with E-state index in [1.165, 1.54) is 11.4 Å². The lowest BCUT2D eigenvalue weighted by Crippen LogP contribution is -2.33. The third-order valence-corrected chi connectivity index (χ3v) is 3.53. The number of hydrogen-bond acceptors (Lipinski definition) is 2. The summed E-state index contributed by atoms with van der Waals surface area (Å²) in [7, 11) is 4.19. The average Bonchev–Trinajstić information content (AvgIpc) is 2.73. The summed E-state index contributed by atoms with van der Waals surface area (Å²) in [5.74, 6) is 0.955. The van der Waals surface area contributed by atoms with Crippen molar-refractivity contribution in [3.05, 3.63) is 47.8 Å². The molecule has 0 fully saturated rings. The largest absolute Gasteiger partial charge is 0.479 e. The minimum Gasteiger partial charge on any atom is -0.479 e. The number of para-hydroxylation sites is 2. The molecule has 0 amide bonds. The molecule has 100 valence electrons. The van der Waals surface area contributed by atoms with Crippen LogP contribution in [0.25, 0.3) is 5.69 Å². The van der Waals surface area contributed by atoms with Crippen LogP contribution in [0.5, 0.6) is 5.75 Å². The molecular weight excluding hydrogens is 236 g/mol. The van der Waals surface area contributed by atoms with Gasteiger partial charge < -0.3 is 14.2 Å². The van der Waals surface area contributed by atoms with Crippen molar-refractivity contribution in [1.82, 2.24) is 9.47 Å². The van der Waals surface area contributed by atoms with E-state index in [4.69, 9.17) is 4.74 Å². The summed E-state index contributed by atoms with van der Waals surface area (Å²) in [6, 6.07) is 12.6. The zero-order valence-corrected chi connectivity index (χ0v) is 12.0. The van der Waals surface area contributed by atoms with E-state index in [0.717, 1.165) is 18.0 Å². The summed E-state index contributed by atoms with van der Waals surface area (Å²) in [6.45, 7) is 5.16. The summed E-state index contributed by atoms with van der Waals surface area (Å²) < 4.78 is 8.46. The second-order valence-corrected chi connectivity index (χ2v) is 5.86. The maximum Gasteiger partial charge on any atom is 0.144 e. The monoisotopic (exact) mass is 256 g/mol. The number of fused-ring (bicyclic) bond motifs is 3. The molecule has 0 spiro atoms. The van der Waals surface area contributed by atoms with Crippen LogP contribution >= 0.6 is 0 Å². The Kier molecular flexibility index (Phi) is 2.68. The van der Waals surface area contributed by atoms with Gasteiger partial charge in [-0.05, 0) is 52.2 Å². The van der Waals surface area contributed by atoms with E-state index in [2.05, 4.69) is 61.7 Å². The molecule has 3 nitrogen and oxygen atoms in total. The van der Waals surface area contributed by atoms with Crippen LogP contribution in [-0.2, 0) is 12.1 Å².